The average Bonchev–Trinajstić information content (AvgIpc) is 3.16. The number of halogens is 1. The van der Waals surface area contributed by atoms with Crippen molar-refractivity contribution in [3.8, 4) is 16.5 Å². The SMILES string of the molecule is Cc1ccc(-c2nsc(NC(=O)COc3ccc(F)cc3)n2)s1. The maximum atomic E-state index is 12.8. The molecule has 0 fully saturated rings. The van der Waals surface area contributed by atoms with Crippen molar-refractivity contribution >= 4 is 33.9 Å². The number of hydrogen-bond acceptors (Lipinski definition) is 6. The van der Waals surface area contributed by atoms with Crippen LogP contribution in [0.25, 0.3) is 10.7 Å². The van der Waals surface area contributed by atoms with Crippen molar-refractivity contribution in [2.45, 2.75) is 6.92 Å². The Balaban J connectivity index is 1.56. The molecule has 0 atom stereocenters. The minimum absolute atomic E-state index is 0.182. The van der Waals surface area contributed by atoms with Gasteiger partial charge < -0.3 is 4.74 Å². The van der Waals surface area contributed by atoms with Crippen molar-refractivity contribution in [2.24, 2.45) is 0 Å². The number of benzene rings is 1. The maximum absolute atomic E-state index is 12.8. The molecule has 1 N–H and O–H groups in total. The second-order valence-electron chi connectivity index (χ2n) is 4.62. The van der Waals surface area contributed by atoms with Crippen molar-refractivity contribution in [1.29, 1.82) is 0 Å². The minimum atomic E-state index is -0.355. The molecule has 0 unspecified atom stereocenters. The van der Waals surface area contributed by atoms with E-state index in [0.717, 1.165) is 16.4 Å². The van der Waals surface area contributed by atoms with Gasteiger partial charge in [-0.25, -0.2) is 4.39 Å². The first-order valence-corrected chi connectivity index (χ1v) is 8.28. The molecular formula is C15H12FN3O2S2. The van der Waals surface area contributed by atoms with E-state index in [0.29, 0.717) is 16.7 Å². The molecule has 0 saturated carbocycles. The number of aryl methyl sites for hydroxylation is 1. The summed E-state index contributed by atoms with van der Waals surface area (Å²) in [5.74, 6) is 0.322. The van der Waals surface area contributed by atoms with E-state index < -0.39 is 0 Å². The van der Waals surface area contributed by atoms with Crippen LogP contribution in [0.3, 0.4) is 0 Å². The normalized spacial score (nSPS) is 10.5. The fraction of sp³-hybridized carbons (Fsp3) is 0.133. The van der Waals surface area contributed by atoms with Gasteiger partial charge in [-0.2, -0.15) is 9.36 Å². The smallest absolute Gasteiger partial charge is 0.264 e. The maximum Gasteiger partial charge on any atom is 0.264 e. The number of nitrogens with zero attached hydrogens (tertiary/aromatic N) is 2. The van der Waals surface area contributed by atoms with Crippen LogP contribution in [0.15, 0.2) is 36.4 Å². The molecular weight excluding hydrogens is 337 g/mol. The van der Waals surface area contributed by atoms with Crippen molar-refractivity contribution < 1.29 is 13.9 Å². The summed E-state index contributed by atoms with van der Waals surface area (Å²) >= 11 is 2.71. The van der Waals surface area contributed by atoms with Gasteiger partial charge >= 0.3 is 0 Å². The predicted octanol–water partition coefficient (Wildman–Crippen LogP) is 3.73. The summed E-state index contributed by atoms with van der Waals surface area (Å²) in [6.07, 6.45) is 0. The first kappa shape index (κ1) is 15.6. The van der Waals surface area contributed by atoms with E-state index in [-0.39, 0.29) is 18.3 Å². The third-order valence-corrected chi connectivity index (χ3v) is 4.44. The molecule has 0 bridgehead atoms. The van der Waals surface area contributed by atoms with Crippen molar-refractivity contribution in [2.75, 3.05) is 11.9 Å². The molecule has 1 amide bonds. The van der Waals surface area contributed by atoms with Crippen LogP contribution in [0.2, 0.25) is 0 Å². The van der Waals surface area contributed by atoms with Gasteiger partial charge in [-0.3, -0.25) is 10.1 Å². The fourth-order valence-corrected chi connectivity index (χ4v) is 3.22. The number of carbonyl (C=O) groups is 1. The first-order valence-electron chi connectivity index (χ1n) is 6.69. The Morgan fingerprint density at radius 2 is 2.04 bits per heavy atom. The molecule has 2 heterocycles. The lowest BCUT2D eigenvalue weighted by Crippen LogP contribution is -2.20. The highest BCUT2D eigenvalue weighted by Gasteiger charge is 2.11. The van der Waals surface area contributed by atoms with Gasteiger partial charge in [0.2, 0.25) is 5.13 Å². The number of aromatic nitrogens is 2. The fourth-order valence-electron chi connectivity index (χ4n) is 1.76. The van der Waals surface area contributed by atoms with Crippen molar-refractivity contribution in [3.05, 3.63) is 47.1 Å². The van der Waals surface area contributed by atoms with Gasteiger partial charge in [0, 0.05) is 16.4 Å². The summed E-state index contributed by atoms with van der Waals surface area (Å²) in [7, 11) is 0. The van der Waals surface area contributed by atoms with Gasteiger partial charge in [0.1, 0.15) is 11.6 Å². The second kappa shape index (κ2) is 6.84. The summed E-state index contributed by atoms with van der Waals surface area (Å²) in [6, 6.07) is 9.41. The van der Waals surface area contributed by atoms with E-state index >= 15 is 0 Å². The number of thiophene rings is 1. The van der Waals surface area contributed by atoms with Crippen LogP contribution in [0, 0.1) is 12.7 Å². The number of nitrogens with one attached hydrogen (secondary N) is 1. The van der Waals surface area contributed by atoms with Crippen LogP contribution < -0.4 is 10.1 Å². The van der Waals surface area contributed by atoms with Crippen molar-refractivity contribution in [3.63, 3.8) is 0 Å². The number of rotatable bonds is 5. The topological polar surface area (TPSA) is 64.1 Å². The van der Waals surface area contributed by atoms with E-state index in [2.05, 4.69) is 14.7 Å². The molecule has 0 spiro atoms. The number of ether oxygens (including phenoxy) is 1. The monoisotopic (exact) mass is 349 g/mol. The second-order valence-corrected chi connectivity index (χ2v) is 6.66. The van der Waals surface area contributed by atoms with Crippen LogP contribution in [0.5, 0.6) is 5.75 Å². The third kappa shape index (κ3) is 4.11. The van der Waals surface area contributed by atoms with E-state index in [1.54, 1.807) is 11.3 Å². The molecule has 0 aliphatic carbocycles. The van der Waals surface area contributed by atoms with E-state index in [9.17, 15) is 9.18 Å². The van der Waals surface area contributed by atoms with Gasteiger partial charge in [-0.15, -0.1) is 11.3 Å². The van der Waals surface area contributed by atoms with E-state index in [1.165, 1.54) is 29.1 Å². The molecule has 3 rings (SSSR count). The first-order chi connectivity index (χ1) is 11.1. The molecule has 118 valence electrons. The molecule has 8 heteroatoms. The molecule has 0 saturated heterocycles. The highest BCUT2D eigenvalue weighted by Crippen LogP contribution is 2.27. The Hall–Kier alpha value is -2.32. The van der Waals surface area contributed by atoms with Crippen molar-refractivity contribution in [1.82, 2.24) is 9.36 Å². The number of amides is 1. The molecule has 3 aromatic rings. The van der Waals surface area contributed by atoms with E-state index in [4.69, 9.17) is 4.74 Å². The highest BCUT2D eigenvalue weighted by molar-refractivity contribution is 7.15. The number of hydrogen-bond donors (Lipinski definition) is 1. The van der Waals surface area contributed by atoms with Gasteiger partial charge in [0.05, 0.1) is 4.88 Å². The Bertz CT molecular complexity index is 814. The molecule has 1 aromatic carbocycles. The average molecular weight is 349 g/mol. The standard InChI is InChI=1S/C15H12FN3O2S2/c1-9-2-7-12(22-9)14-18-15(23-19-14)17-13(20)8-21-11-5-3-10(16)4-6-11/h2-7H,8H2,1H3,(H,17,18,19,20). The summed E-state index contributed by atoms with van der Waals surface area (Å²) in [5.41, 5.74) is 0. The Morgan fingerprint density at radius 1 is 1.26 bits per heavy atom. The molecule has 2 aromatic heterocycles. The molecule has 5 nitrogen and oxygen atoms in total. The van der Waals surface area contributed by atoms with Gasteiger partial charge in [0.15, 0.2) is 12.4 Å². The quantitative estimate of drug-likeness (QED) is 0.762. The van der Waals surface area contributed by atoms with Crippen LogP contribution in [-0.2, 0) is 4.79 Å². The van der Waals surface area contributed by atoms with Crippen LogP contribution in [-0.4, -0.2) is 21.9 Å². The number of anilines is 1. The summed E-state index contributed by atoms with van der Waals surface area (Å²) < 4.78 is 22.3. The lowest BCUT2D eigenvalue weighted by molar-refractivity contribution is -0.118. The summed E-state index contributed by atoms with van der Waals surface area (Å²) in [4.78, 5) is 18.2. The molecule has 0 aliphatic heterocycles. The van der Waals surface area contributed by atoms with Gasteiger partial charge in [0.25, 0.3) is 5.91 Å². The van der Waals surface area contributed by atoms with Crippen LogP contribution in [0.1, 0.15) is 4.88 Å². The molecule has 0 aliphatic rings. The van der Waals surface area contributed by atoms with Crippen LogP contribution in [0.4, 0.5) is 9.52 Å². The minimum Gasteiger partial charge on any atom is -0.484 e. The molecule has 23 heavy (non-hydrogen) atoms. The highest BCUT2D eigenvalue weighted by atomic mass is 32.1. The number of carbonyl (C=O) groups excluding carboxylic acids is 1. The Labute approximate surface area is 139 Å². The zero-order valence-electron chi connectivity index (χ0n) is 12.1. The lowest BCUT2D eigenvalue weighted by atomic mass is 10.3. The largest absolute Gasteiger partial charge is 0.484 e. The molecule has 0 radical (unpaired) electrons. The Morgan fingerprint density at radius 3 is 2.74 bits per heavy atom. The summed E-state index contributed by atoms with van der Waals surface area (Å²) in [6.45, 7) is 1.83. The van der Waals surface area contributed by atoms with Gasteiger partial charge in [-0.1, -0.05) is 0 Å². The zero-order chi connectivity index (χ0) is 16.2. The van der Waals surface area contributed by atoms with Gasteiger partial charge in [-0.05, 0) is 43.3 Å². The lowest BCUT2D eigenvalue weighted by Gasteiger charge is -2.05. The van der Waals surface area contributed by atoms with Crippen LogP contribution >= 0.6 is 22.9 Å². The third-order valence-electron chi connectivity index (χ3n) is 2.82. The van der Waals surface area contributed by atoms with E-state index in [1.807, 2.05) is 19.1 Å². The predicted molar refractivity (Wildman–Crippen MR) is 88.5 cm³/mol. The Kier molecular flexibility index (Phi) is 4.63. The summed E-state index contributed by atoms with van der Waals surface area (Å²) in [5, 5.41) is 3.05. The zero-order valence-corrected chi connectivity index (χ0v) is 13.7.